The van der Waals surface area contributed by atoms with E-state index in [2.05, 4.69) is 19.2 Å². The highest BCUT2D eigenvalue weighted by atomic mass is 32.2. The summed E-state index contributed by atoms with van der Waals surface area (Å²) in [4.78, 5) is 11.6. The summed E-state index contributed by atoms with van der Waals surface area (Å²) in [6, 6.07) is 0. The van der Waals surface area contributed by atoms with Crippen molar-refractivity contribution in [1.82, 2.24) is 5.32 Å². The van der Waals surface area contributed by atoms with Crippen molar-refractivity contribution >= 4 is 17.7 Å². The topological polar surface area (TPSA) is 38.3 Å². The van der Waals surface area contributed by atoms with E-state index < -0.39 is 0 Å². The largest absolute Gasteiger partial charge is 0.378 e. The number of amides is 1. The summed E-state index contributed by atoms with van der Waals surface area (Å²) in [6.07, 6.45) is 9.49. The van der Waals surface area contributed by atoms with Gasteiger partial charge in [0.25, 0.3) is 0 Å². The van der Waals surface area contributed by atoms with Crippen molar-refractivity contribution in [2.24, 2.45) is 0 Å². The van der Waals surface area contributed by atoms with Crippen LogP contribution >= 0.6 is 11.8 Å². The monoisotopic (exact) mass is 301 g/mol. The minimum Gasteiger partial charge on any atom is -0.378 e. The molecule has 1 fully saturated rings. The fraction of sp³-hybridized carbons (Fsp3) is 0.938. The lowest BCUT2D eigenvalue weighted by molar-refractivity contribution is -0.121. The lowest BCUT2D eigenvalue weighted by Crippen LogP contribution is -2.26. The average molecular weight is 301 g/mol. The molecule has 0 bridgehead atoms. The van der Waals surface area contributed by atoms with Crippen molar-refractivity contribution in [3.8, 4) is 0 Å². The van der Waals surface area contributed by atoms with E-state index in [1.807, 2.05) is 11.8 Å². The van der Waals surface area contributed by atoms with Gasteiger partial charge in [-0.3, -0.25) is 4.79 Å². The van der Waals surface area contributed by atoms with Gasteiger partial charge in [-0.1, -0.05) is 33.1 Å². The van der Waals surface area contributed by atoms with E-state index in [1.54, 1.807) is 0 Å². The van der Waals surface area contributed by atoms with E-state index >= 15 is 0 Å². The number of hydrogen-bond acceptors (Lipinski definition) is 3. The van der Waals surface area contributed by atoms with Crippen LogP contribution in [0.4, 0.5) is 0 Å². The van der Waals surface area contributed by atoms with E-state index in [1.165, 1.54) is 32.1 Å². The van der Waals surface area contributed by atoms with E-state index in [4.69, 9.17) is 4.74 Å². The van der Waals surface area contributed by atoms with Crippen LogP contribution in [-0.4, -0.2) is 36.2 Å². The van der Waals surface area contributed by atoms with Gasteiger partial charge in [0.05, 0.1) is 6.10 Å². The number of thioether (sulfide) groups is 1. The van der Waals surface area contributed by atoms with Crippen molar-refractivity contribution in [3.05, 3.63) is 0 Å². The highest BCUT2D eigenvalue weighted by Crippen LogP contribution is 2.20. The van der Waals surface area contributed by atoms with Crippen molar-refractivity contribution in [2.75, 3.05) is 18.9 Å². The summed E-state index contributed by atoms with van der Waals surface area (Å²) in [6.45, 7) is 5.92. The fourth-order valence-corrected chi connectivity index (χ4v) is 3.20. The van der Waals surface area contributed by atoms with Gasteiger partial charge in [0, 0.05) is 19.6 Å². The Kier molecular flexibility index (Phi) is 10.2. The Hall–Kier alpha value is -0.220. The molecule has 1 aliphatic rings. The van der Waals surface area contributed by atoms with Gasteiger partial charge in [-0.05, 0) is 36.7 Å². The molecule has 20 heavy (non-hydrogen) atoms. The molecule has 4 heteroatoms. The third kappa shape index (κ3) is 9.65. The van der Waals surface area contributed by atoms with E-state index in [0.29, 0.717) is 17.8 Å². The maximum Gasteiger partial charge on any atom is 0.220 e. The van der Waals surface area contributed by atoms with Crippen LogP contribution in [0.5, 0.6) is 0 Å². The lowest BCUT2D eigenvalue weighted by atomic mass is 9.98. The minimum absolute atomic E-state index is 0.187. The van der Waals surface area contributed by atoms with Gasteiger partial charge in [0.1, 0.15) is 0 Å². The molecule has 1 rings (SSSR count). The van der Waals surface area contributed by atoms with Crippen LogP contribution in [0.2, 0.25) is 0 Å². The number of carbonyl (C=O) groups is 1. The molecule has 3 nitrogen and oxygen atoms in total. The maximum atomic E-state index is 11.6. The van der Waals surface area contributed by atoms with E-state index in [-0.39, 0.29) is 5.91 Å². The fourth-order valence-electron chi connectivity index (χ4n) is 2.42. The number of ether oxygens (including phenoxy) is 1. The summed E-state index contributed by atoms with van der Waals surface area (Å²) in [5.41, 5.74) is 0. The molecule has 1 amide bonds. The first-order chi connectivity index (χ1) is 9.68. The van der Waals surface area contributed by atoms with Crippen LogP contribution in [0.3, 0.4) is 0 Å². The Bertz CT molecular complexity index is 253. The standard InChI is InChI=1S/C16H31NO2S/c1-14(2)20-13-6-10-16(18)17-11-7-12-19-15-8-4-3-5-9-15/h14-15H,3-13H2,1-2H3,(H,17,18). The van der Waals surface area contributed by atoms with Gasteiger partial charge in [0.2, 0.25) is 5.91 Å². The Morgan fingerprint density at radius 3 is 2.70 bits per heavy atom. The van der Waals surface area contributed by atoms with E-state index in [0.717, 1.165) is 31.7 Å². The summed E-state index contributed by atoms with van der Waals surface area (Å²) >= 11 is 1.92. The molecular formula is C16H31NO2S. The molecule has 0 aliphatic heterocycles. The van der Waals surface area contributed by atoms with Crippen LogP contribution in [-0.2, 0) is 9.53 Å². The zero-order valence-corrected chi connectivity index (χ0v) is 14.0. The highest BCUT2D eigenvalue weighted by molar-refractivity contribution is 7.99. The molecule has 0 radical (unpaired) electrons. The molecule has 0 heterocycles. The molecule has 1 aliphatic carbocycles. The van der Waals surface area contributed by atoms with Gasteiger partial charge < -0.3 is 10.1 Å². The number of hydrogen-bond donors (Lipinski definition) is 1. The summed E-state index contributed by atoms with van der Waals surface area (Å²) in [5, 5.41) is 3.64. The average Bonchev–Trinajstić information content (AvgIpc) is 2.44. The van der Waals surface area contributed by atoms with Crippen molar-refractivity contribution < 1.29 is 9.53 Å². The quantitative estimate of drug-likeness (QED) is 0.624. The molecular weight excluding hydrogens is 270 g/mol. The van der Waals surface area contributed by atoms with Crippen molar-refractivity contribution in [2.45, 2.75) is 76.6 Å². The molecule has 0 aromatic carbocycles. The van der Waals surface area contributed by atoms with Crippen LogP contribution in [0.15, 0.2) is 0 Å². The number of rotatable bonds is 10. The summed E-state index contributed by atoms with van der Waals surface area (Å²) in [5.74, 6) is 1.27. The molecule has 0 aromatic heterocycles. The molecule has 1 N–H and O–H groups in total. The molecule has 0 spiro atoms. The zero-order valence-electron chi connectivity index (χ0n) is 13.2. The third-order valence-electron chi connectivity index (χ3n) is 3.55. The van der Waals surface area contributed by atoms with Gasteiger partial charge in [-0.2, -0.15) is 11.8 Å². The predicted molar refractivity (Wildman–Crippen MR) is 87.3 cm³/mol. The third-order valence-corrected chi connectivity index (χ3v) is 4.74. The van der Waals surface area contributed by atoms with E-state index in [9.17, 15) is 4.79 Å². The first-order valence-corrected chi connectivity index (χ1v) is 9.23. The van der Waals surface area contributed by atoms with Crippen LogP contribution in [0.25, 0.3) is 0 Å². The second-order valence-electron chi connectivity index (χ2n) is 5.86. The number of carbonyl (C=O) groups excluding carboxylic acids is 1. The lowest BCUT2D eigenvalue weighted by Gasteiger charge is -2.21. The van der Waals surface area contributed by atoms with Gasteiger partial charge in [0.15, 0.2) is 0 Å². The molecule has 0 saturated heterocycles. The Morgan fingerprint density at radius 1 is 1.25 bits per heavy atom. The highest BCUT2D eigenvalue weighted by Gasteiger charge is 2.12. The normalized spacial score (nSPS) is 16.6. The van der Waals surface area contributed by atoms with Crippen LogP contribution in [0, 0.1) is 0 Å². The molecule has 0 unspecified atom stereocenters. The predicted octanol–water partition coefficient (Wildman–Crippen LogP) is 3.76. The second kappa shape index (κ2) is 11.4. The Labute approximate surface area is 128 Å². The minimum atomic E-state index is 0.187. The SMILES string of the molecule is CC(C)SCCCC(=O)NCCCOC1CCCCC1. The van der Waals surface area contributed by atoms with Crippen LogP contribution < -0.4 is 5.32 Å². The van der Waals surface area contributed by atoms with Gasteiger partial charge in [-0.25, -0.2) is 0 Å². The van der Waals surface area contributed by atoms with Gasteiger partial charge in [-0.15, -0.1) is 0 Å². The summed E-state index contributed by atoms with van der Waals surface area (Å²) in [7, 11) is 0. The van der Waals surface area contributed by atoms with Crippen molar-refractivity contribution in [1.29, 1.82) is 0 Å². The molecule has 0 aromatic rings. The van der Waals surface area contributed by atoms with Crippen molar-refractivity contribution in [3.63, 3.8) is 0 Å². The molecule has 118 valence electrons. The Balaban J connectivity index is 1.86. The Morgan fingerprint density at radius 2 is 2.00 bits per heavy atom. The summed E-state index contributed by atoms with van der Waals surface area (Å²) < 4.78 is 5.83. The number of nitrogens with one attached hydrogen (secondary N) is 1. The van der Waals surface area contributed by atoms with Gasteiger partial charge >= 0.3 is 0 Å². The molecule has 1 saturated carbocycles. The molecule has 0 atom stereocenters. The smallest absolute Gasteiger partial charge is 0.220 e. The van der Waals surface area contributed by atoms with Crippen LogP contribution in [0.1, 0.15) is 65.2 Å². The zero-order chi connectivity index (χ0) is 14.6. The second-order valence-corrected chi connectivity index (χ2v) is 7.54. The first-order valence-electron chi connectivity index (χ1n) is 8.18. The first kappa shape index (κ1) is 17.8. The maximum absolute atomic E-state index is 11.6.